The fraction of sp³-hybridized carbons (Fsp3) is 0.720. The van der Waals surface area contributed by atoms with Crippen molar-refractivity contribution in [2.24, 2.45) is 10.9 Å². The monoisotopic (exact) mass is 446 g/mol. The summed E-state index contributed by atoms with van der Waals surface area (Å²) in [4.78, 5) is 7.44. The van der Waals surface area contributed by atoms with Crippen molar-refractivity contribution in [1.29, 1.82) is 0 Å². The van der Waals surface area contributed by atoms with E-state index in [0.717, 1.165) is 82.7 Å². The maximum Gasteiger partial charge on any atom is 0.191 e. The minimum atomic E-state index is 0.189. The number of morpholine rings is 1. The molecule has 2 aliphatic rings. The molecule has 3 unspecified atom stereocenters. The Kier molecular flexibility index (Phi) is 10.1. The summed E-state index contributed by atoms with van der Waals surface area (Å²) in [6.45, 7) is 16.0. The molecule has 3 atom stereocenters. The molecule has 2 saturated heterocycles. The van der Waals surface area contributed by atoms with Crippen LogP contribution in [0.5, 0.6) is 5.75 Å². The quantitative estimate of drug-likeness (QED) is 0.426. The van der Waals surface area contributed by atoms with Gasteiger partial charge in [-0.1, -0.05) is 19.1 Å². The van der Waals surface area contributed by atoms with Crippen LogP contribution in [0.3, 0.4) is 0 Å². The number of rotatable bonds is 10. The number of guanidine groups is 1. The Labute approximate surface area is 193 Å². The zero-order chi connectivity index (χ0) is 22.8. The second-order valence-electron chi connectivity index (χ2n) is 8.86. The van der Waals surface area contributed by atoms with Crippen LogP contribution in [-0.4, -0.2) is 75.6 Å². The molecule has 0 saturated carbocycles. The molecule has 2 fully saturated rings. The molecule has 0 spiro atoms. The van der Waals surface area contributed by atoms with Gasteiger partial charge in [-0.15, -0.1) is 0 Å². The van der Waals surface area contributed by atoms with Crippen LogP contribution < -0.4 is 15.4 Å². The first-order chi connectivity index (χ1) is 15.6. The molecule has 0 amide bonds. The Balaban J connectivity index is 1.67. The van der Waals surface area contributed by atoms with Crippen molar-refractivity contribution in [3.8, 4) is 5.75 Å². The van der Waals surface area contributed by atoms with Gasteiger partial charge in [0.15, 0.2) is 5.96 Å². The van der Waals surface area contributed by atoms with Crippen LogP contribution in [0.4, 0.5) is 0 Å². The molecule has 0 bridgehead atoms. The lowest BCUT2D eigenvalue weighted by atomic mass is 9.97. The van der Waals surface area contributed by atoms with E-state index in [1.165, 1.54) is 5.56 Å². The van der Waals surface area contributed by atoms with Gasteiger partial charge in [0.2, 0.25) is 0 Å². The summed E-state index contributed by atoms with van der Waals surface area (Å²) < 4.78 is 17.5. The summed E-state index contributed by atoms with van der Waals surface area (Å²) in [5, 5.41) is 7.02. The van der Waals surface area contributed by atoms with Crippen molar-refractivity contribution >= 4 is 5.96 Å². The van der Waals surface area contributed by atoms with E-state index in [-0.39, 0.29) is 6.10 Å². The molecular weight excluding hydrogens is 404 g/mol. The van der Waals surface area contributed by atoms with Crippen molar-refractivity contribution in [2.45, 2.75) is 59.2 Å². The third-order valence-corrected chi connectivity index (χ3v) is 6.38. The van der Waals surface area contributed by atoms with Gasteiger partial charge in [0, 0.05) is 50.3 Å². The minimum absolute atomic E-state index is 0.189. The topological polar surface area (TPSA) is 67.4 Å². The van der Waals surface area contributed by atoms with Gasteiger partial charge in [0.05, 0.1) is 32.5 Å². The number of ether oxygens (including phenoxy) is 3. The van der Waals surface area contributed by atoms with Gasteiger partial charge in [0.25, 0.3) is 0 Å². The van der Waals surface area contributed by atoms with Crippen molar-refractivity contribution < 1.29 is 14.2 Å². The van der Waals surface area contributed by atoms with Crippen molar-refractivity contribution in [3.63, 3.8) is 0 Å². The maximum atomic E-state index is 6.17. The molecule has 0 aromatic heterocycles. The molecule has 3 rings (SSSR count). The van der Waals surface area contributed by atoms with E-state index < -0.39 is 0 Å². The maximum absolute atomic E-state index is 6.17. The van der Waals surface area contributed by atoms with E-state index in [1.54, 1.807) is 0 Å². The normalized spacial score (nSPS) is 21.9. The minimum Gasteiger partial charge on any atom is -0.490 e. The number of aryl methyl sites for hydroxylation is 1. The summed E-state index contributed by atoms with van der Waals surface area (Å²) in [5.41, 5.74) is 2.32. The van der Waals surface area contributed by atoms with Gasteiger partial charge in [-0.05, 0) is 45.2 Å². The fourth-order valence-electron chi connectivity index (χ4n) is 4.27. The van der Waals surface area contributed by atoms with E-state index >= 15 is 0 Å². The predicted octanol–water partition coefficient (Wildman–Crippen LogP) is 2.96. The molecule has 0 aliphatic carbocycles. The van der Waals surface area contributed by atoms with Gasteiger partial charge < -0.3 is 24.8 Å². The first-order valence-corrected chi connectivity index (χ1v) is 12.3. The first kappa shape index (κ1) is 24.8. The molecule has 1 aromatic rings. The molecule has 2 aliphatic heterocycles. The van der Waals surface area contributed by atoms with Gasteiger partial charge >= 0.3 is 0 Å². The average molecular weight is 447 g/mol. The Morgan fingerprint density at radius 1 is 1.19 bits per heavy atom. The second kappa shape index (κ2) is 13.0. The van der Waals surface area contributed by atoms with E-state index in [0.29, 0.717) is 18.5 Å². The molecule has 1 aromatic carbocycles. The van der Waals surface area contributed by atoms with Gasteiger partial charge in [-0.3, -0.25) is 4.90 Å². The SMILES string of the molecule is CCNC(=NCc1ccc(C)cc1OC(C)CC)NCC(C1CCOC1)N1CCOCC1. The van der Waals surface area contributed by atoms with Gasteiger partial charge in [-0.2, -0.15) is 0 Å². The average Bonchev–Trinajstić information content (AvgIpc) is 3.33. The number of nitrogens with one attached hydrogen (secondary N) is 2. The molecule has 180 valence electrons. The highest BCUT2D eigenvalue weighted by molar-refractivity contribution is 5.79. The fourth-order valence-corrected chi connectivity index (χ4v) is 4.27. The van der Waals surface area contributed by atoms with Crippen LogP contribution in [0, 0.1) is 12.8 Å². The van der Waals surface area contributed by atoms with E-state index in [1.807, 2.05) is 0 Å². The van der Waals surface area contributed by atoms with E-state index in [4.69, 9.17) is 19.2 Å². The summed E-state index contributed by atoms with van der Waals surface area (Å²) >= 11 is 0. The number of hydrogen-bond donors (Lipinski definition) is 2. The molecule has 7 heteroatoms. The Bertz CT molecular complexity index is 715. The van der Waals surface area contributed by atoms with E-state index in [2.05, 4.69) is 61.4 Å². The highest BCUT2D eigenvalue weighted by Gasteiger charge is 2.31. The highest BCUT2D eigenvalue weighted by Crippen LogP contribution is 2.24. The largest absolute Gasteiger partial charge is 0.490 e. The van der Waals surface area contributed by atoms with Gasteiger partial charge in [0.1, 0.15) is 5.75 Å². The first-order valence-electron chi connectivity index (χ1n) is 12.3. The summed E-state index contributed by atoms with van der Waals surface area (Å²) in [5.74, 6) is 2.34. The molecular formula is C25H42N4O3. The number of hydrogen-bond acceptors (Lipinski definition) is 5. The van der Waals surface area contributed by atoms with Crippen LogP contribution >= 0.6 is 0 Å². The third kappa shape index (κ3) is 7.36. The number of aliphatic imine (C=N–C) groups is 1. The molecule has 32 heavy (non-hydrogen) atoms. The van der Waals surface area contributed by atoms with Gasteiger partial charge in [-0.25, -0.2) is 4.99 Å². The zero-order valence-corrected chi connectivity index (χ0v) is 20.4. The standard InChI is InChI=1S/C25H42N4O3/c1-5-20(4)32-24-15-19(3)7-8-21(24)16-27-25(26-6-2)28-17-23(22-9-12-31-18-22)29-10-13-30-14-11-29/h7-8,15,20,22-23H,5-6,9-14,16-18H2,1-4H3,(H2,26,27,28). The Morgan fingerprint density at radius 3 is 2.69 bits per heavy atom. The summed E-state index contributed by atoms with van der Waals surface area (Å²) in [6, 6.07) is 6.80. The highest BCUT2D eigenvalue weighted by atomic mass is 16.5. The lowest BCUT2D eigenvalue weighted by Crippen LogP contribution is -2.53. The van der Waals surface area contributed by atoms with Crippen LogP contribution in [0.15, 0.2) is 23.2 Å². The van der Waals surface area contributed by atoms with Crippen molar-refractivity contribution in [2.75, 3.05) is 52.6 Å². The number of benzene rings is 1. The summed E-state index contributed by atoms with van der Waals surface area (Å²) in [6.07, 6.45) is 2.29. The van der Waals surface area contributed by atoms with Crippen LogP contribution in [0.25, 0.3) is 0 Å². The molecule has 2 N–H and O–H groups in total. The second-order valence-corrected chi connectivity index (χ2v) is 8.86. The van der Waals surface area contributed by atoms with Crippen LogP contribution in [0.2, 0.25) is 0 Å². The van der Waals surface area contributed by atoms with Crippen molar-refractivity contribution in [3.05, 3.63) is 29.3 Å². The third-order valence-electron chi connectivity index (χ3n) is 6.38. The Morgan fingerprint density at radius 2 is 2.00 bits per heavy atom. The molecule has 0 radical (unpaired) electrons. The number of nitrogens with zero attached hydrogens (tertiary/aromatic N) is 2. The van der Waals surface area contributed by atoms with Crippen LogP contribution in [0.1, 0.15) is 44.7 Å². The van der Waals surface area contributed by atoms with E-state index in [9.17, 15) is 0 Å². The predicted molar refractivity (Wildman–Crippen MR) is 129 cm³/mol. The Hall–Kier alpha value is -1.83. The van der Waals surface area contributed by atoms with Crippen molar-refractivity contribution in [1.82, 2.24) is 15.5 Å². The lowest BCUT2D eigenvalue weighted by Gasteiger charge is -2.37. The van der Waals surface area contributed by atoms with Crippen LogP contribution in [-0.2, 0) is 16.0 Å². The summed E-state index contributed by atoms with van der Waals surface area (Å²) in [7, 11) is 0. The lowest BCUT2D eigenvalue weighted by molar-refractivity contribution is 0.00246. The smallest absolute Gasteiger partial charge is 0.191 e. The molecule has 7 nitrogen and oxygen atoms in total. The zero-order valence-electron chi connectivity index (χ0n) is 20.4. The molecule has 2 heterocycles.